The van der Waals surface area contributed by atoms with Crippen LogP contribution in [0.5, 0.6) is 0 Å². The molecule has 0 aliphatic heterocycles. The van der Waals surface area contributed by atoms with Gasteiger partial charge in [0.15, 0.2) is 5.82 Å². The normalized spacial score (nSPS) is 10.9. The third kappa shape index (κ3) is 3.94. The van der Waals surface area contributed by atoms with Gasteiger partial charge in [0.25, 0.3) is 5.69 Å². The van der Waals surface area contributed by atoms with Crippen LogP contribution >= 0.6 is 11.8 Å². The lowest BCUT2D eigenvalue weighted by Gasteiger charge is -2.03. The number of nitro benzene ring substituents is 1. The first-order chi connectivity index (χ1) is 14.0. The molecule has 29 heavy (non-hydrogen) atoms. The molecule has 4 rings (SSSR count). The van der Waals surface area contributed by atoms with Gasteiger partial charge in [-0.1, -0.05) is 41.6 Å². The molecule has 0 aliphatic carbocycles. The fourth-order valence-corrected chi connectivity index (χ4v) is 3.25. The third-order valence-corrected chi connectivity index (χ3v) is 5.02. The van der Waals surface area contributed by atoms with Gasteiger partial charge in [0.1, 0.15) is 0 Å². The van der Waals surface area contributed by atoms with Gasteiger partial charge < -0.3 is 10.3 Å². The summed E-state index contributed by atoms with van der Waals surface area (Å²) < 4.78 is 7.04. The number of nitrogens with two attached hydrogens (primary N) is 1. The summed E-state index contributed by atoms with van der Waals surface area (Å²) in [4.78, 5) is 10.3. The molecule has 10 nitrogen and oxygen atoms in total. The lowest BCUT2D eigenvalue weighted by atomic mass is 10.1. The lowest BCUT2D eigenvalue weighted by molar-refractivity contribution is -0.384. The maximum Gasteiger partial charge on any atom is 0.269 e. The van der Waals surface area contributed by atoms with Crippen molar-refractivity contribution in [3.8, 4) is 22.8 Å². The van der Waals surface area contributed by atoms with E-state index in [0.29, 0.717) is 28.2 Å². The van der Waals surface area contributed by atoms with E-state index in [9.17, 15) is 10.1 Å². The molecule has 0 radical (unpaired) electrons. The van der Waals surface area contributed by atoms with E-state index in [1.807, 2.05) is 31.2 Å². The van der Waals surface area contributed by atoms with E-state index in [1.165, 1.54) is 28.6 Å². The van der Waals surface area contributed by atoms with E-state index in [4.69, 9.17) is 10.3 Å². The Labute approximate surface area is 168 Å². The number of benzene rings is 2. The third-order valence-electron chi connectivity index (χ3n) is 4.09. The molecule has 0 aliphatic rings. The van der Waals surface area contributed by atoms with Crippen molar-refractivity contribution in [3.05, 3.63) is 70.1 Å². The predicted molar refractivity (Wildman–Crippen MR) is 106 cm³/mol. The Morgan fingerprint density at radius 2 is 1.72 bits per heavy atom. The van der Waals surface area contributed by atoms with Crippen molar-refractivity contribution in [1.82, 2.24) is 25.1 Å². The molecular weight excluding hydrogens is 394 g/mol. The van der Waals surface area contributed by atoms with Crippen LogP contribution in [0.3, 0.4) is 0 Å². The quantitative estimate of drug-likeness (QED) is 0.220. The van der Waals surface area contributed by atoms with Gasteiger partial charge in [0.05, 0.1) is 10.7 Å². The average molecular weight is 409 g/mol. The Bertz CT molecular complexity index is 1150. The van der Waals surface area contributed by atoms with Gasteiger partial charge in [-0.3, -0.25) is 10.1 Å². The van der Waals surface area contributed by atoms with Crippen molar-refractivity contribution < 1.29 is 9.34 Å². The number of nitrogen functional groups attached to an aromatic ring is 1. The zero-order chi connectivity index (χ0) is 20.4. The van der Waals surface area contributed by atoms with E-state index in [-0.39, 0.29) is 11.6 Å². The Morgan fingerprint density at radius 1 is 1.03 bits per heavy atom. The van der Waals surface area contributed by atoms with Gasteiger partial charge >= 0.3 is 0 Å². The second-order valence-electron chi connectivity index (χ2n) is 6.14. The van der Waals surface area contributed by atoms with Crippen LogP contribution in [0.25, 0.3) is 22.8 Å². The molecule has 4 aromatic rings. The zero-order valence-electron chi connectivity index (χ0n) is 15.2. The smallest absolute Gasteiger partial charge is 0.269 e. The van der Waals surface area contributed by atoms with Gasteiger partial charge in [-0.15, -0.1) is 20.4 Å². The van der Waals surface area contributed by atoms with Crippen LogP contribution < -0.4 is 5.84 Å². The van der Waals surface area contributed by atoms with E-state index < -0.39 is 4.92 Å². The average Bonchev–Trinajstić information content (AvgIpc) is 3.34. The van der Waals surface area contributed by atoms with Crippen molar-refractivity contribution in [3.63, 3.8) is 0 Å². The predicted octanol–water partition coefficient (Wildman–Crippen LogP) is 3.22. The Morgan fingerprint density at radius 3 is 2.41 bits per heavy atom. The first-order valence-electron chi connectivity index (χ1n) is 8.49. The highest BCUT2D eigenvalue weighted by Gasteiger charge is 2.15. The van der Waals surface area contributed by atoms with Crippen molar-refractivity contribution in [2.45, 2.75) is 17.8 Å². The summed E-state index contributed by atoms with van der Waals surface area (Å²) in [5, 5.41) is 27.5. The standard InChI is InChI=1S/C18H15N7O3S/c1-11-2-4-12(5-3-11)16-21-23-18(24(16)19)29-10-15-20-22-17(28-15)13-6-8-14(9-7-13)25(26)27/h2-9H,10,19H2,1H3. The highest BCUT2D eigenvalue weighted by Crippen LogP contribution is 2.26. The van der Waals surface area contributed by atoms with Crippen molar-refractivity contribution in [2.75, 3.05) is 5.84 Å². The SMILES string of the molecule is Cc1ccc(-c2nnc(SCc3nnc(-c4ccc([N+](=O)[O-])cc4)o3)n2N)cc1. The molecule has 0 atom stereocenters. The van der Waals surface area contributed by atoms with Gasteiger partial charge in [-0.25, -0.2) is 4.68 Å². The number of thioether (sulfide) groups is 1. The molecule has 0 amide bonds. The molecule has 2 aromatic heterocycles. The van der Waals surface area contributed by atoms with E-state index in [0.717, 1.165) is 11.1 Å². The fraction of sp³-hybridized carbons (Fsp3) is 0.111. The van der Waals surface area contributed by atoms with Gasteiger partial charge in [-0.05, 0) is 19.1 Å². The monoisotopic (exact) mass is 409 g/mol. The molecule has 0 saturated carbocycles. The lowest BCUT2D eigenvalue weighted by Crippen LogP contribution is -2.11. The first-order valence-corrected chi connectivity index (χ1v) is 9.47. The van der Waals surface area contributed by atoms with Crippen molar-refractivity contribution in [1.29, 1.82) is 0 Å². The molecule has 2 N–H and O–H groups in total. The highest BCUT2D eigenvalue weighted by molar-refractivity contribution is 7.98. The van der Waals surface area contributed by atoms with E-state index in [2.05, 4.69) is 20.4 Å². The second kappa shape index (κ2) is 7.72. The van der Waals surface area contributed by atoms with Gasteiger partial charge in [-0.2, -0.15) is 0 Å². The zero-order valence-corrected chi connectivity index (χ0v) is 16.0. The molecule has 0 unspecified atom stereocenters. The van der Waals surface area contributed by atoms with Crippen LogP contribution in [-0.4, -0.2) is 30.0 Å². The minimum atomic E-state index is -0.465. The molecule has 0 spiro atoms. The van der Waals surface area contributed by atoms with E-state index in [1.54, 1.807) is 12.1 Å². The number of nitro groups is 1. The maximum atomic E-state index is 10.7. The largest absolute Gasteiger partial charge is 0.420 e. The fourth-order valence-electron chi connectivity index (χ4n) is 2.56. The molecule has 0 fully saturated rings. The Kier molecular flexibility index (Phi) is 4.96. The number of aryl methyl sites for hydroxylation is 1. The number of hydrogen-bond acceptors (Lipinski definition) is 9. The topological polar surface area (TPSA) is 139 Å². The number of aromatic nitrogens is 5. The van der Waals surface area contributed by atoms with Crippen LogP contribution in [-0.2, 0) is 5.75 Å². The van der Waals surface area contributed by atoms with Crippen LogP contribution in [0.4, 0.5) is 5.69 Å². The van der Waals surface area contributed by atoms with Crippen LogP contribution in [0.15, 0.2) is 58.1 Å². The molecule has 0 saturated heterocycles. The van der Waals surface area contributed by atoms with Crippen molar-refractivity contribution >= 4 is 17.4 Å². The number of non-ortho nitro benzene ring substituents is 1. The summed E-state index contributed by atoms with van der Waals surface area (Å²) in [6.45, 7) is 2.01. The minimum Gasteiger partial charge on any atom is -0.420 e. The van der Waals surface area contributed by atoms with Crippen LogP contribution in [0.2, 0.25) is 0 Å². The molecule has 2 heterocycles. The molecular formula is C18H15N7O3S. The Hall–Kier alpha value is -3.73. The second-order valence-corrected chi connectivity index (χ2v) is 7.08. The number of nitrogens with zero attached hydrogens (tertiary/aromatic N) is 6. The minimum absolute atomic E-state index is 0.00397. The summed E-state index contributed by atoms with van der Waals surface area (Å²) in [6.07, 6.45) is 0. The highest BCUT2D eigenvalue weighted by atomic mass is 32.2. The summed E-state index contributed by atoms with van der Waals surface area (Å²) in [5.74, 6) is 7.69. The van der Waals surface area contributed by atoms with Gasteiger partial charge in [0, 0.05) is 23.3 Å². The molecule has 0 bridgehead atoms. The molecule has 146 valence electrons. The summed E-state index contributed by atoms with van der Waals surface area (Å²) in [6, 6.07) is 13.7. The van der Waals surface area contributed by atoms with Crippen LogP contribution in [0.1, 0.15) is 11.5 Å². The summed E-state index contributed by atoms with van der Waals surface area (Å²) >= 11 is 1.31. The maximum absolute atomic E-state index is 10.7. The number of hydrogen-bond donors (Lipinski definition) is 1. The van der Waals surface area contributed by atoms with Crippen LogP contribution in [0, 0.1) is 17.0 Å². The Balaban J connectivity index is 1.45. The summed E-state index contributed by atoms with van der Waals surface area (Å²) in [5.41, 5.74) is 2.61. The summed E-state index contributed by atoms with van der Waals surface area (Å²) in [7, 11) is 0. The van der Waals surface area contributed by atoms with Crippen molar-refractivity contribution in [2.24, 2.45) is 0 Å². The van der Waals surface area contributed by atoms with E-state index >= 15 is 0 Å². The molecule has 11 heteroatoms. The van der Waals surface area contributed by atoms with Gasteiger partial charge in [0.2, 0.25) is 16.9 Å². The molecule has 2 aromatic carbocycles. The number of rotatable bonds is 6. The first kappa shape index (κ1) is 18.6.